The Hall–Kier alpha value is -2.29. The monoisotopic (exact) mass is 254 g/mol. The molecule has 3 heteroatoms. The lowest BCUT2D eigenvalue weighted by molar-refractivity contribution is -0.137. The molecule has 1 aliphatic heterocycles. The summed E-state index contributed by atoms with van der Waals surface area (Å²) in [6.45, 7) is 2.41. The number of aryl methyl sites for hydroxylation is 1. The van der Waals surface area contributed by atoms with Gasteiger partial charge in [-0.3, -0.25) is 4.79 Å². The lowest BCUT2D eigenvalue weighted by atomic mass is 10.0. The molecule has 1 atom stereocenters. The molecule has 0 spiro atoms. The van der Waals surface area contributed by atoms with E-state index < -0.39 is 0 Å². The van der Waals surface area contributed by atoms with E-state index in [1.54, 1.807) is 12.3 Å². The average molecular weight is 254 g/mol. The Labute approximate surface area is 111 Å². The molecular formula is C16H14O3. The van der Waals surface area contributed by atoms with E-state index in [2.05, 4.69) is 0 Å². The molecule has 96 valence electrons. The van der Waals surface area contributed by atoms with Gasteiger partial charge < -0.3 is 9.47 Å². The molecule has 0 bridgehead atoms. The van der Waals surface area contributed by atoms with Crippen LogP contribution in [0.25, 0.3) is 10.8 Å². The molecule has 0 radical (unpaired) electrons. The minimum absolute atomic E-state index is 0.275. The second-order valence-corrected chi connectivity index (χ2v) is 4.62. The molecule has 0 aromatic heterocycles. The normalized spacial score (nSPS) is 17.4. The summed E-state index contributed by atoms with van der Waals surface area (Å²) in [7, 11) is 0. The van der Waals surface area contributed by atoms with Crippen LogP contribution in [-0.4, -0.2) is 12.6 Å². The largest absolute Gasteiger partial charge is 0.500 e. The van der Waals surface area contributed by atoms with E-state index in [-0.39, 0.29) is 11.9 Å². The number of carbonyl (C=O) groups excluding carboxylic acids is 1. The van der Waals surface area contributed by atoms with E-state index in [1.165, 1.54) is 5.56 Å². The molecule has 2 aromatic rings. The van der Waals surface area contributed by atoms with E-state index in [4.69, 9.17) is 9.47 Å². The Bertz CT molecular complexity index is 658. The molecule has 3 rings (SSSR count). The number of hydrogen-bond acceptors (Lipinski definition) is 3. The third-order valence-corrected chi connectivity index (χ3v) is 3.30. The van der Waals surface area contributed by atoms with Crippen molar-refractivity contribution >= 4 is 16.7 Å². The van der Waals surface area contributed by atoms with Crippen molar-refractivity contribution in [3.63, 3.8) is 0 Å². The molecule has 1 aliphatic rings. The van der Waals surface area contributed by atoms with Gasteiger partial charge in [-0.2, -0.15) is 0 Å². The van der Waals surface area contributed by atoms with Crippen LogP contribution >= 0.6 is 0 Å². The van der Waals surface area contributed by atoms with E-state index in [1.807, 2.05) is 43.3 Å². The number of carbonyl (C=O) groups is 1. The summed E-state index contributed by atoms with van der Waals surface area (Å²) in [5.41, 5.74) is 1.17. The fraction of sp³-hybridized carbons (Fsp3) is 0.188. The van der Waals surface area contributed by atoms with Crippen molar-refractivity contribution in [3.8, 4) is 5.75 Å². The van der Waals surface area contributed by atoms with Crippen LogP contribution in [0.1, 0.15) is 5.56 Å². The summed E-state index contributed by atoms with van der Waals surface area (Å²) in [6, 6.07) is 11.7. The predicted molar refractivity (Wildman–Crippen MR) is 72.9 cm³/mol. The summed E-state index contributed by atoms with van der Waals surface area (Å²) >= 11 is 0. The van der Waals surface area contributed by atoms with Crippen LogP contribution in [0.4, 0.5) is 0 Å². The fourth-order valence-corrected chi connectivity index (χ4v) is 2.22. The van der Waals surface area contributed by atoms with Crippen LogP contribution in [0.2, 0.25) is 0 Å². The molecule has 0 N–H and O–H groups in total. The highest BCUT2D eigenvalue weighted by Crippen LogP contribution is 2.28. The minimum Gasteiger partial charge on any atom is -0.500 e. The molecule has 0 saturated carbocycles. The van der Waals surface area contributed by atoms with Gasteiger partial charge in [0, 0.05) is 5.39 Å². The Morgan fingerprint density at radius 2 is 2.00 bits per heavy atom. The average Bonchev–Trinajstić information content (AvgIpc) is 2.94. The Kier molecular flexibility index (Phi) is 2.95. The molecule has 19 heavy (non-hydrogen) atoms. The number of fused-ring (bicyclic) bond motifs is 1. The van der Waals surface area contributed by atoms with Crippen LogP contribution < -0.4 is 4.74 Å². The first-order valence-electron chi connectivity index (χ1n) is 6.24. The quantitative estimate of drug-likeness (QED) is 0.609. The van der Waals surface area contributed by atoms with Gasteiger partial charge in [0.2, 0.25) is 0 Å². The molecule has 0 amide bonds. The number of rotatable bonds is 2. The molecule has 0 aliphatic carbocycles. The Morgan fingerprint density at radius 1 is 1.21 bits per heavy atom. The summed E-state index contributed by atoms with van der Waals surface area (Å²) in [5.74, 6) is 0.0225. The molecule has 2 aromatic carbocycles. The lowest BCUT2D eigenvalue weighted by Gasteiger charge is -2.11. The van der Waals surface area contributed by atoms with Crippen molar-refractivity contribution in [2.75, 3.05) is 6.61 Å². The summed E-state index contributed by atoms with van der Waals surface area (Å²) in [6.07, 6.45) is 3.26. The van der Waals surface area contributed by atoms with Crippen LogP contribution in [0.5, 0.6) is 5.75 Å². The molecular weight excluding hydrogens is 240 g/mol. The van der Waals surface area contributed by atoms with Crippen molar-refractivity contribution in [1.82, 2.24) is 0 Å². The molecule has 3 nitrogen and oxygen atoms in total. The Morgan fingerprint density at radius 3 is 2.79 bits per heavy atom. The zero-order chi connectivity index (χ0) is 13.2. The van der Waals surface area contributed by atoms with Crippen molar-refractivity contribution < 1.29 is 14.3 Å². The van der Waals surface area contributed by atoms with Gasteiger partial charge in [0.15, 0.2) is 0 Å². The van der Waals surface area contributed by atoms with Gasteiger partial charge in [-0.15, -0.1) is 0 Å². The maximum Gasteiger partial charge on any atom is 0.321 e. The summed E-state index contributed by atoms with van der Waals surface area (Å²) < 4.78 is 10.5. The maximum atomic E-state index is 12.0. The predicted octanol–water partition coefficient (Wildman–Crippen LogP) is 3.21. The molecule has 1 unspecified atom stereocenters. The lowest BCUT2D eigenvalue weighted by Crippen LogP contribution is -2.20. The smallest absolute Gasteiger partial charge is 0.321 e. The highest BCUT2D eigenvalue weighted by molar-refractivity contribution is 5.92. The highest BCUT2D eigenvalue weighted by atomic mass is 16.5. The zero-order valence-electron chi connectivity index (χ0n) is 10.6. The third-order valence-electron chi connectivity index (χ3n) is 3.30. The fourth-order valence-electron chi connectivity index (χ4n) is 2.22. The van der Waals surface area contributed by atoms with Gasteiger partial charge in [0.05, 0.1) is 6.26 Å². The standard InChI is InChI=1S/C16H14O3/c1-11-4-2-6-14-13(11)5-3-7-15(14)19-16(17)12-8-9-18-10-12/h2-9,12H,10H2,1H3. The number of benzene rings is 2. The van der Waals surface area contributed by atoms with Gasteiger partial charge in [-0.1, -0.05) is 30.3 Å². The van der Waals surface area contributed by atoms with Crippen molar-refractivity contribution in [3.05, 3.63) is 54.3 Å². The highest BCUT2D eigenvalue weighted by Gasteiger charge is 2.22. The van der Waals surface area contributed by atoms with Gasteiger partial charge in [0.1, 0.15) is 18.3 Å². The van der Waals surface area contributed by atoms with Crippen LogP contribution in [0.3, 0.4) is 0 Å². The van der Waals surface area contributed by atoms with Gasteiger partial charge >= 0.3 is 5.97 Å². The van der Waals surface area contributed by atoms with Crippen LogP contribution in [-0.2, 0) is 9.53 Å². The second-order valence-electron chi connectivity index (χ2n) is 4.62. The number of hydrogen-bond donors (Lipinski definition) is 0. The van der Waals surface area contributed by atoms with E-state index >= 15 is 0 Å². The maximum absolute atomic E-state index is 12.0. The van der Waals surface area contributed by atoms with Crippen molar-refractivity contribution in [2.45, 2.75) is 6.92 Å². The number of ether oxygens (including phenoxy) is 2. The van der Waals surface area contributed by atoms with E-state index in [0.717, 1.165) is 10.8 Å². The van der Waals surface area contributed by atoms with Crippen molar-refractivity contribution in [2.24, 2.45) is 5.92 Å². The van der Waals surface area contributed by atoms with E-state index in [9.17, 15) is 4.79 Å². The first kappa shape index (κ1) is 11.8. The van der Waals surface area contributed by atoms with Gasteiger partial charge in [0.25, 0.3) is 0 Å². The Balaban J connectivity index is 1.94. The third kappa shape index (κ3) is 2.19. The molecule has 0 saturated heterocycles. The summed E-state index contributed by atoms with van der Waals surface area (Å²) in [5, 5.41) is 2.06. The van der Waals surface area contributed by atoms with Crippen LogP contribution in [0, 0.1) is 12.8 Å². The molecule has 1 heterocycles. The topological polar surface area (TPSA) is 35.5 Å². The first-order valence-corrected chi connectivity index (χ1v) is 6.24. The van der Waals surface area contributed by atoms with Crippen molar-refractivity contribution in [1.29, 1.82) is 0 Å². The first-order chi connectivity index (χ1) is 9.25. The zero-order valence-corrected chi connectivity index (χ0v) is 10.6. The summed E-state index contributed by atoms with van der Waals surface area (Å²) in [4.78, 5) is 12.0. The van der Waals surface area contributed by atoms with E-state index in [0.29, 0.717) is 12.4 Å². The second kappa shape index (κ2) is 4.76. The molecule has 0 fully saturated rings. The van der Waals surface area contributed by atoms with Gasteiger partial charge in [-0.05, 0) is 30.0 Å². The van der Waals surface area contributed by atoms with Gasteiger partial charge in [-0.25, -0.2) is 0 Å². The SMILES string of the molecule is Cc1cccc2c(OC(=O)C3C=COC3)cccc12. The van der Waals surface area contributed by atoms with Crippen LogP contribution in [0.15, 0.2) is 48.7 Å². The number of esters is 1. The minimum atomic E-state index is -0.305.